The van der Waals surface area contributed by atoms with Gasteiger partial charge in [0, 0.05) is 48.5 Å². The monoisotopic (exact) mass is 358 g/mol. The molecule has 0 spiro atoms. The maximum absolute atomic E-state index is 12.3. The molecule has 2 aliphatic rings. The molecule has 1 fully saturated rings. The Morgan fingerprint density at radius 1 is 1.40 bits per heavy atom. The number of aromatic nitrogens is 3. The number of nitrogens with zero attached hydrogens (tertiary/aromatic N) is 5. The molecule has 1 amide bonds. The smallest absolute Gasteiger partial charge is 0.240 e. The van der Waals surface area contributed by atoms with Gasteiger partial charge in [-0.25, -0.2) is 15.0 Å². The Morgan fingerprint density at radius 2 is 2.32 bits per heavy atom. The summed E-state index contributed by atoms with van der Waals surface area (Å²) in [4.78, 5) is 30.3. The standard InChI is InChI=1S/C17H22N6OS/c1-22-7-4-13-12(10-22)9-19-16(20-13)14-3-2-6-23(14)11-15(24)21-17-18-5-8-25-17/h5,8-9,14H,2-4,6-7,10-11H2,1H3,(H,18,21,24)/t14-/m1/s1. The summed E-state index contributed by atoms with van der Waals surface area (Å²) in [6.07, 6.45) is 6.71. The first-order valence-corrected chi connectivity index (χ1v) is 9.53. The van der Waals surface area contributed by atoms with Gasteiger partial charge in [0.1, 0.15) is 5.82 Å². The quantitative estimate of drug-likeness (QED) is 0.897. The molecule has 0 aromatic carbocycles. The van der Waals surface area contributed by atoms with E-state index in [1.165, 1.54) is 22.6 Å². The number of thiazole rings is 1. The van der Waals surface area contributed by atoms with Gasteiger partial charge in [-0.15, -0.1) is 11.3 Å². The first-order valence-electron chi connectivity index (χ1n) is 8.65. The molecule has 0 radical (unpaired) electrons. The molecule has 1 saturated heterocycles. The lowest BCUT2D eigenvalue weighted by Crippen LogP contribution is -2.34. The Hall–Kier alpha value is -1.90. The summed E-state index contributed by atoms with van der Waals surface area (Å²) in [5, 5.41) is 5.36. The average molecular weight is 358 g/mol. The van der Waals surface area contributed by atoms with Gasteiger partial charge in [-0.3, -0.25) is 9.69 Å². The number of likely N-dealkylation sites (tertiary alicyclic amines) is 1. The van der Waals surface area contributed by atoms with Crippen LogP contribution in [0.4, 0.5) is 5.13 Å². The average Bonchev–Trinajstić information content (AvgIpc) is 3.26. The molecule has 132 valence electrons. The molecular formula is C17H22N6OS. The molecule has 1 atom stereocenters. The highest BCUT2D eigenvalue weighted by Gasteiger charge is 2.30. The number of nitrogens with one attached hydrogen (secondary N) is 1. The van der Waals surface area contributed by atoms with Crippen LogP contribution in [0.2, 0.25) is 0 Å². The molecule has 25 heavy (non-hydrogen) atoms. The third-order valence-electron chi connectivity index (χ3n) is 4.83. The Bertz CT molecular complexity index is 750. The predicted molar refractivity (Wildman–Crippen MR) is 96.4 cm³/mol. The van der Waals surface area contributed by atoms with Crippen molar-refractivity contribution < 1.29 is 4.79 Å². The van der Waals surface area contributed by atoms with Crippen LogP contribution in [-0.4, -0.2) is 57.3 Å². The normalized spacial score (nSPS) is 21.2. The first-order chi connectivity index (χ1) is 12.2. The Morgan fingerprint density at radius 3 is 3.16 bits per heavy atom. The van der Waals surface area contributed by atoms with E-state index < -0.39 is 0 Å². The number of carbonyl (C=O) groups excluding carboxylic acids is 1. The second kappa shape index (κ2) is 7.15. The van der Waals surface area contributed by atoms with Crippen LogP contribution in [0.5, 0.6) is 0 Å². The van der Waals surface area contributed by atoms with Gasteiger partial charge in [0.15, 0.2) is 5.13 Å². The summed E-state index contributed by atoms with van der Waals surface area (Å²) in [5.74, 6) is 0.837. The molecule has 2 aromatic heterocycles. The molecule has 7 nitrogen and oxygen atoms in total. The SMILES string of the molecule is CN1CCc2nc([C@H]3CCCN3CC(=O)Nc3nccs3)ncc2C1. The molecule has 8 heteroatoms. The molecule has 4 rings (SSSR count). The van der Waals surface area contributed by atoms with Crippen molar-refractivity contribution in [1.82, 2.24) is 24.8 Å². The van der Waals surface area contributed by atoms with Crippen molar-refractivity contribution in [3.05, 3.63) is 34.9 Å². The van der Waals surface area contributed by atoms with Crippen molar-refractivity contribution in [2.24, 2.45) is 0 Å². The van der Waals surface area contributed by atoms with Gasteiger partial charge in [-0.05, 0) is 26.4 Å². The van der Waals surface area contributed by atoms with Crippen LogP contribution >= 0.6 is 11.3 Å². The van der Waals surface area contributed by atoms with Crippen LogP contribution in [0.3, 0.4) is 0 Å². The third kappa shape index (κ3) is 3.70. The fourth-order valence-corrected chi connectivity index (χ4v) is 4.11. The second-order valence-electron chi connectivity index (χ2n) is 6.70. The summed E-state index contributed by atoms with van der Waals surface area (Å²) < 4.78 is 0. The lowest BCUT2D eigenvalue weighted by molar-refractivity contribution is -0.117. The molecular weight excluding hydrogens is 336 g/mol. The van der Waals surface area contributed by atoms with Crippen LogP contribution in [0, 0.1) is 0 Å². The van der Waals surface area contributed by atoms with Gasteiger partial charge < -0.3 is 10.2 Å². The largest absolute Gasteiger partial charge is 0.302 e. The number of fused-ring (bicyclic) bond motifs is 1. The molecule has 0 unspecified atom stereocenters. The lowest BCUT2D eigenvalue weighted by Gasteiger charge is -2.26. The second-order valence-corrected chi connectivity index (χ2v) is 7.60. The molecule has 1 N–H and O–H groups in total. The van der Waals surface area contributed by atoms with E-state index in [1.54, 1.807) is 6.20 Å². The van der Waals surface area contributed by atoms with E-state index in [0.29, 0.717) is 11.7 Å². The molecule has 4 heterocycles. The van der Waals surface area contributed by atoms with Crippen LogP contribution in [-0.2, 0) is 17.8 Å². The minimum atomic E-state index is -0.0264. The van der Waals surface area contributed by atoms with Crippen molar-refractivity contribution >= 4 is 22.4 Å². The molecule has 2 aliphatic heterocycles. The highest BCUT2D eigenvalue weighted by Crippen LogP contribution is 2.30. The number of hydrogen-bond donors (Lipinski definition) is 1. The maximum atomic E-state index is 12.3. The highest BCUT2D eigenvalue weighted by atomic mass is 32.1. The zero-order valence-corrected chi connectivity index (χ0v) is 15.1. The van der Waals surface area contributed by atoms with Crippen molar-refractivity contribution in [2.45, 2.75) is 31.8 Å². The van der Waals surface area contributed by atoms with E-state index >= 15 is 0 Å². The maximum Gasteiger partial charge on any atom is 0.240 e. The van der Waals surface area contributed by atoms with Crippen LogP contribution in [0.25, 0.3) is 0 Å². The zero-order valence-electron chi connectivity index (χ0n) is 14.3. The summed E-state index contributed by atoms with van der Waals surface area (Å²) >= 11 is 1.43. The van der Waals surface area contributed by atoms with Crippen molar-refractivity contribution in [2.75, 3.05) is 32.0 Å². The zero-order chi connectivity index (χ0) is 17.2. The van der Waals surface area contributed by atoms with Gasteiger partial charge in [0.25, 0.3) is 0 Å². The Balaban J connectivity index is 1.45. The minimum Gasteiger partial charge on any atom is -0.302 e. The van der Waals surface area contributed by atoms with E-state index in [-0.39, 0.29) is 11.9 Å². The van der Waals surface area contributed by atoms with Gasteiger partial charge in [-0.1, -0.05) is 0 Å². The number of carbonyl (C=O) groups is 1. The number of rotatable bonds is 4. The van der Waals surface area contributed by atoms with E-state index in [2.05, 4.69) is 32.1 Å². The van der Waals surface area contributed by atoms with E-state index in [0.717, 1.165) is 44.7 Å². The van der Waals surface area contributed by atoms with E-state index in [1.807, 2.05) is 11.6 Å². The predicted octanol–water partition coefficient (Wildman–Crippen LogP) is 1.70. The van der Waals surface area contributed by atoms with Crippen molar-refractivity contribution in [3.8, 4) is 0 Å². The summed E-state index contributed by atoms with van der Waals surface area (Å²) in [5.41, 5.74) is 2.39. The first kappa shape index (κ1) is 16.6. The number of likely N-dealkylation sites (N-methyl/N-ethyl adjacent to an activating group) is 1. The minimum absolute atomic E-state index is 0.0264. The summed E-state index contributed by atoms with van der Waals surface area (Å²) in [6, 6.07) is 0.131. The number of anilines is 1. The molecule has 0 bridgehead atoms. The molecule has 2 aromatic rings. The summed E-state index contributed by atoms with van der Waals surface area (Å²) in [7, 11) is 2.12. The lowest BCUT2D eigenvalue weighted by atomic mass is 10.1. The summed E-state index contributed by atoms with van der Waals surface area (Å²) in [6.45, 7) is 3.21. The van der Waals surface area contributed by atoms with E-state index in [4.69, 9.17) is 4.98 Å². The van der Waals surface area contributed by atoms with Gasteiger partial charge >= 0.3 is 0 Å². The van der Waals surface area contributed by atoms with Crippen LogP contribution in [0.15, 0.2) is 17.8 Å². The van der Waals surface area contributed by atoms with Crippen LogP contribution in [0.1, 0.15) is 36.0 Å². The third-order valence-corrected chi connectivity index (χ3v) is 5.52. The fraction of sp³-hybridized carbons (Fsp3) is 0.529. The molecule has 0 aliphatic carbocycles. The number of amides is 1. The Kier molecular flexibility index (Phi) is 4.74. The van der Waals surface area contributed by atoms with Gasteiger partial charge in [0.05, 0.1) is 12.6 Å². The van der Waals surface area contributed by atoms with E-state index in [9.17, 15) is 4.79 Å². The number of hydrogen-bond acceptors (Lipinski definition) is 7. The highest BCUT2D eigenvalue weighted by molar-refractivity contribution is 7.13. The van der Waals surface area contributed by atoms with Gasteiger partial charge in [-0.2, -0.15) is 0 Å². The topological polar surface area (TPSA) is 74.2 Å². The van der Waals surface area contributed by atoms with Crippen molar-refractivity contribution in [1.29, 1.82) is 0 Å². The van der Waals surface area contributed by atoms with Gasteiger partial charge in [0.2, 0.25) is 5.91 Å². The van der Waals surface area contributed by atoms with Crippen molar-refractivity contribution in [3.63, 3.8) is 0 Å². The Labute approximate surface area is 151 Å². The van der Waals surface area contributed by atoms with Crippen LogP contribution < -0.4 is 5.32 Å². The fourth-order valence-electron chi connectivity index (χ4n) is 3.57. The molecule has 0 saturated carbocycles.